The largest absolute Gasteiger partial charge is 0.389 e. The van der Waals surface area contributed by atoms with Crippen molar-refractivity contribution in [3.8, 4) is 0 Å². The number of carbonyl (C=O) groups is 1. The van der Waals surface area contributed by atoms with Crippen molar-refractivity contribution in [3.63, 3.8) is 0 Å². The van der Waals surface area contributed by atoms with Gasteiger partial charge < -0.3 is 0 Å². The quantitative estimate of drug-likeness (QED) is 0.573. The van der Waals surface area contributed by atoms with Crippen LogP contribution in [0.1, 0.15) is 23.2 Å². The van der Waals surface area contributed by atoms with Gasteiger partial charge in [-0.3, -0.25) is 4.79 Å². The van der Waals surface area contributed by atoms with E-state index in [4.69, 9.17) is 11.6 Å². The Kier molecular flexibility index (Phi) is 4.61. The first-order chi connectivity index (χ1) is 7.29. The minimum Gasteiger partial charge on any atom is -0.294 e. The molecule has 1 rings (SSSR count). The Morgan fingerprint density at radius 2 is 2.00 bits per heavy atom. The molecule has 0 saturated carbocycles. The summed E-state index contributed by atoms with van der Waals surface area (Å²) >= 11 is 7.74. The monoisotopic (exact) mass is 362 g/mol. The number of hydrogen-bond donors (Lipinski definition) is 0. The van der Waals surface area contributed by atoms with E-state index in [-0.39, 0.29) is 5.56 Å². The molecule has 1 nitrogen and oxygen atoms in total. The first-order valence-corrected chi connectivity index (χ1v) is 5.80. The predicted molar refractivity (Wildman–Crippen MR) is 63.8 cm³/mol. The molecule has 0 unspecified atom stereocenters. The summed E-state index contributed by atoms with van der Waals surface area (Å²) in [5, 5.41) is 0.374. The molecule has 0 heterocycles. The molecule has 0 atom stereocenters. The highest BCUT2D eigenvalue weighted by molar-refractivity contribution is 14.1. The van der Waals surface area contributed by atoms with Crippen molar-refractivity contribution in [2.75, 3.05) is 0 Å². The molecule has 0 bridgehead atoms. The summed E-state index contributed by atoms with van der Waals surface area (Å²) in [5.74, 6) is -0.546. The van der Waals surface area contributed by atoms with E-state index in [1.54, 1.807) is 6.07 Å². The van der Waals surface area contributed by atoms with Crippen LogP contribution in [0.3, 0.4) is 0 Å². The molecular weight excluding hydrogens is 355 g/mol. The molecule has 1 aromatic carbocycles. The maximum absolute atomic E-state index is 11.9. The minimum atomic E-state index is -4.30. The molecule has 0 aliphatic heterocycles. The van der Waals surface area contributed by atoms with Crippen molar-refractivity contribution in [1.82, 2.24) is 0 Å². The van der Waals surface area contributed by atoms with Crippen molar-refractivity contribution in [2.24, 2.45) is 0 Å². The fourth-order valence-electron chi connectivity index (χ4n) is 1.07. The molecule has 0 aliphatic carbocycles. The van der Waals surface area contributed by atoms with Crippen LogP contribution in [0.4, 0.5) is 13.2 Å². The fraction of sp³-hybridized carbons (Fsp3) is 0.300. The summed E-state index contributed by atoms with van der Waals surface area (Å²) < 4.78 is 36.4. The second-order valence-corrected chi connectivity index (χ2v) is 4.74. The average Bonchev–Trinajstić information content (AvgIpc) is 2.17. The smallest absolute Gasteiger partial charge is 0.294 e. The SMILES string of the molecule is O=C(CCC(F)(F)F)c1ccc(I)c(Cl)c1. The molecule has 1 aromatic rings. The van der Waals surface area contributed by atoms with Crippen LogP contribution in [0.15, 0.2) is 18.2 Å². The summed E-state index contributed by atoms with van der Waals surface area (Å²) in [6.45, 7) is 0. The van der Waals surface area contributed by atoms with Gasteiger partial charge in [0.05, 0.1) is 11.4 Å². The van der Waals surface area contributed by atoms with Crippen molar-refractivity contribution in [1.29, 1.82) is 0 Å². The number of Topliss-reactive ketones (excluding diaryl/α,β-unsaturated/α-hetero) is 1. The van der Waals surface area contributed by atoms with E-state index >= 15 is 0 Å². The Morgan fingerprint density at radius 3 is 2.50 bits per heavy atom. The Hall–Kier alpha value is -0.300. The van der Waals surface area contributed by atoms with Crippen molar-refractivity contribution in [3.05, 3.63) is 32.4 Å². The average molecular weight is 363 g/mol. The van der Waals surface area contributed by atoms with E-state index < -0.39 is 24.8 Å². The number of hydrogen-bond acceptors (Lipinski definition) is 1. The van der Waals surface area contributed by atoms with Gasteiger partial charge in [-0.1, -0.05) is 17.7 Å². The summed E-state index contributed by atoms with van der Waals surface area (Å²) in [6, 6.07) is 4.47. The van der Waals surface area contributed by atoms with Gasteiger partial charge in [0.1, 0.15) is 0 Å². The number of ketones is 1. The van der Waals surface area contributed by atoms with E-state index in [1.807, 2.05) is 22.6 Å². The van der Waals surface area contributed by atoms with Gasteiger partial charge in [-0.25, -0.2) is 0 Å². The van der Waals surface area contributed by atoms with Gasteiger partial charge >= 0.3 is 6.18 Å². The van der Waals surface area contributed by atoms with Crippen LogP contribution >= 0.6 is 34.2 Å². The Morgan fingerprint density at radius 1 is 1.38 bits per heavy atom. The molecule has 0 saturated heterocycles. The standard InChI is InChI=1S/C10H7ClF3IO/c11-7-5-6(1-2-8(7)15)9(16)3-4-10(12,13)14/h1-2,5H,3-4H2. The van der Waals surface area contributed by atoms with Crippen LogP contribution in [0.2, 0.25) is 5.02 Å². The summed E-state index contributed by atoms with van der Waals surface area (Å²) in [5.41, 5.74) is 0.217. The molecule has 0 spiro atoms. The molecule has 88 valence electrons. The molecule has 0 aliphatic rings. The third-order valence-corrected chi connectivity index (χ3v) is 3.45. The number of rotatable bonds is 3. The lowest BCUT2D eigenvalue weighted by Gasteiger charge is -2.06. The van der Waals surface area contributed by atoms with Crippen LogP contribution in [0.5, 0.6) is 0 Å². The second-order valence-electron chi connectivity index (χ2n) is 3.17. The van der Waals surface area contributed by atoms with Gasteiger partial charge in [0.25, 0.3) is 0 Å². The van der Waals surface area contributed by atoms with Crippen LogP contribution in [-0.4, -0.2) is 12.0 Å². The highest BCUT2D eigenvalue weighted by Crippen LogP contribution is 2.24. The maximum Gasteiger partial charge on any atom is 0.389 e. The number of benzene rings is 1. The Bertz CT molecular complexity index is 404. The third kappa shape index (κ3) is 4.29. The van der Waals surface area contributed by atoms with E-state index in [2.05, 4.69) is 0 Å². The van der Waals surface area contributed by atoms with Crippen molar-refractivity contribution >= 4 is 40.0 Å². The molecule has 0 aromatic heterocycles. The number of alkyl halides is 3. The highest BCUT2D eigenvalue weighted by atomic mass is 127. The molecule has 0 radical (unpaired) electrons. The second kappa shape index (κ2) is 5.35. The summed E-state index contributed by atoms with van der Waals surface area (Å²) in [7, 11) is 0. The van der Waals surface area contributed by atoms with Gasteiger partial charge in [-0.15, -0.1) is 0 Å². The highest BCUT2D eigenvalue weighted by Gasteiger charge is 2.28. The van der Waals surface area contributed by atoms with E-state index in [0.29, 0.717) is 5.02 Å². The molecular formula is C10H7ClF3IO. The number of carbonyl (C=O) groups excluding carboxylic acids is 1. The zero-order valence-corrected chi connectivity index (χ0v) is 10.9. The molecule has 16 heavy (non-hydrogen) atoms. The first kappa shape index (κ1) is 13.8. The Balaban J connectivity index is 2.70. The van der Waals surface area contributed by atoms with E-state index in [0.717, 1.165) is 3.57 Å². The molecule has 0 amide bonds. The molecule has 0 fully saturated rings. The zero-order valence-electron chi connectivity index (χ0n) is 7.94. The maximum atomic E-state index is 11.9. The summed E-state index contributed by atoms with van der Waals surface area (Å²) in [6.07, 6.45) is -5.95. The van der Waals surface area contributed by atoms with Crippen LogP contribution < -0.4 is 0 Å². The van der Waals surface area contributed by atoms with Crippen molar-refractivity contribution < 1.29 is 18.0 Å². The zero-order chi connectivity index (χ0) is 12.3. The lowest BCUT2D eigenvalue weighted by Crippen LogP contribution is -2.10. The first-order valence-electron chi connectivity index (χ1n) is 4.34. The molecule has 0 N–H and O–H groups in total. The van der Waals surface area contributed by atoms with E-state index in [1.165, 1.54) is 12.1 Å². The predicted octanol–water partition coefficient (Wildman–Crippen LogP) is 4.47. The number of halogens is 5. The van der Waals surface area contributed by atoms with Gasteiger partial charge in [-0.2, -0.15) is 13.2 Å². The third-order valence-electron chi connectivity index (χ3n) is 1.88. The topological polar surface area (TPSA) is 17.1 Å². The minimum absolute atomic E-state index is 0.217. The van der Waals surface area contributed by atoms with Crippen LogP contribution in [0, 0.1) is 3.57 Å². The van der Waals surface area contributed by atoms with Gasteiger partial charge in [0, 0.05) is 15.6 Å². The normalized spacial score (nSPS) is 11.6. The molecule has 6 heteroatoms. The van der Waals surface area contributed by atoms with Crippen molar-refractivity contribution in [2.45, 2.75) is 19.0 Å². The van der Waals surface area contributed by atoms with Gasteiger partial charge in [0.2, 0.25) is 0 Å². The van der Waals surface area contributed by atoms with Gasteiger partial charge in [0.15, 0.2) is 5.78 Å². The lowest BCUT2D eigenvalue weighted by atomic mass is 10.1. The Labute approximate surface area is 109 Å². The fourth-order valence-corrected chi connectivity index (χ4v) is 1.59. The summed E-state index contributed by atoms with van der Waals surface area (Å²) in [4.78, 5) is 11.4. The van der Waals surface area contributed by atoms with Crippen LogP contribution in [-0.2, 0) is 0 Å². The van der Waals surface area contributed by atoms with Crippen LogP contribution in [0.25, 0.3) is 0 Å². The lowest BCUT2D eigenvalue weighted by molar-refractivity contribution is -0.133. The van der Waals surface area contributed by atoms with E-state index in [9.17, 15) is 18.0 Å². The van der Waals surface area contributed by atoms with Gasteiger partial charge in [-0.05, 0) is 34.7 Å².